The van der Waals surface area contributed by atoms with Gasteiger partial charge in [-0.25, -0.2) is 9.97 Å². The Morgan fingerprint density at radius 1 is 0.909 bits per heavy atom. The van der Waals surface area contributed by atoms with Crippen LogP contribution in [-0.2, 0) is 0 Å². The van der Waals surface area contributed by atoms with Crippen LogP contribution in [0.2, 0.25) is 0 Å². The van der Waals surface area contributed by atoms with Crippen molar-refractivity contribution in [3.8, 4) is 28.3 Å². The summed E-state index contributed by atoms with van der Waals surface area (Å²) in [4.78, 5) is 21.7. The molecule has 0 radical (unpaired) electrons. The molecule has 1 fully saturated rings. The van der Waals surface area contributed by atoms with Gasteiger partial charge in [0, 0.05) is 72.4 Å². The minimum Gasteiger partial charge on any atom is -0.495 e. The second-order valence-corrected chi connectivity index (χ2v) is 8.37. The van der Waals surface area contributed by atoms with Crippen molar-refractivity contribution in [3.05, 3.63) is 49.1 Å². The topological polar surface area (TPSA) is 98.8 Å². The number of nitrogens with one attached hydrogen (secondary N) is 2. The maximum Gasteiger partial charge on any atom is 0.155 e. The molecule has 0 atom stereocenters. The molecule has 0 unspecified atom stereocenters. The fraction of sp³-hybridized carbons (Fsp3) is 0.250. The first-order valence-corrected chi connectivity index (χ1v) is 10.9. The zero-order valence-electron chi connectivity index (χ0n) is 18.5. The maximum absolute atomic E-state index is 5.32. The minimum atomic E-state index is 0.707. The zero-order chi connectivity index (χ0) is 22.4. The molecule has 1 aliphatic heterocycles. The Labute approximate surface area is 190 Å². The fourth-order valence-electron chi connectivity index (χ4n) is 4.42. The molecule has 1 aliphatic rings. The third-order valence-corrected chi connectivity index (χ3v) is 6.31. The number of fused-ring (bicyclic) bond motifs is 2. The van der Waals surface area contributed by atoms with Crippen LogP contribution in [0.5, 0.6) is 5.75 Å². The lowest BCUT2D eigenvalue weighted by molar-refractivity contribution is 0.313. The highest BCUT2D eigenvalue weighted by Gasteiger charge is 2.19. The van der Waals surface area contributed by atoms with E-state index in [2.05, 4.69) is 65.2 Å². The Balaban J connectivity index is 1.43. The number of methoxy groups -OCH3 is 1. The molecule has 0 aromatic carbocycles. The Kier molecular flexibility index (Phi) is 4.69. The average Bonchev–Trinajstić information content (AvgIpc) is 3.48. The molecular weight excluding hydrogens is 416 g/mol. The van der Waals surface area contributed by atoms with E-state index < -0.39 is 0 Å². The molecule has 5 aromatic rings. The third-order valence-electron chi connectivity index (χ3n) is 6.31. The second-order valence-electron chi connectivity index (χ2n) is 8.37. The van der Waals surface area contributed by atoms with Gasteiger partial charge in [0.1, 0.15) is 17.1 Å². The molecule has 0 saturated carbocycles. The van der Waals surface area contributed by atoms with Gasteiger partial charge < -0.3 is 19.5 Å². The molecule has 9 heteroatoms. The van der Waals surface area contributed by atoms with Gasteiger partial charge in [-0.15, -0.1) is 0 Å². The molecule has 166 valence electrons. The largest absolute Gasteiger partial charge is 0.495 e. The van der Waals surface area contributed by atoms with E-state index in [1.54, 1.807) is 19.5 Å². The molecule has 0 amide bonds. The van der Waals surface area contributed by atoms with E-state index >= 15 is 0 Å². The monoisotopic (exact) mass is 440 g/mol. The first-order valence-electron chi connectivity index (χ1n) is 10.9. The van der Waals surface area contributed by atoms with Crippen LogP contribution in [0, 0.1) is 0 Å². The van der Waals surface area contributed by atoms with Crippen LogP contribution in [0.1, 0.15) is 0 Å². The van der Waals surface area contributed by atoms with Crippen LogP contribution in [0.25, 0.3) is 44.6 Å². The zero-order valence-corrected chi connectivity index (χ0v) is 18.5. The Hall–Kier alpha value is -3.98. The van der Waals surface area contributed by atoms with Gasteiger partial charge in [0.05, 0.1) is 19.0 Å². The highest BCUT2D eigenvalue weighted by atomic mass is 16.5. The summed E-state index contributed by atoms with van der Waals surface area (Å²) in [7, 11) is 3.80. The summed E-state index contributed by atoms with van der Waals surface area (Å²) in [5.41, 5.74) is 6.41. The van der Waals surface area contributed by atoms with Crippen molar-refractivity contribution in [2.75, 3.05) is 45.2 Å². The van der Waals surface area contributed by atoms with Crippen LogP contribution in [0.4, 0.5) is 5.69 Å². The smallest absolute Gasteiger partial charge is 0.155 e. The summed E-state index contributed by atoms with van der Waals surface area (Å²) in [6, 6.07) is 8.28. The summed E-state index contributed by atoms with van der Waals surface area (Å²) in [5, 5.41) is 9.67. The third kappa shape index (κ3) is 3.46. The Morgan fingerprint density at radius 3 is 2.61 bits per heavy atom. The Morgan fingerprint density at radius 2 is 1.76 bits per heavy atom. The lowest BCUT2D eigenvalue weighted by atomic mass is 10.1. The van der Waals surface area contributed by atoms with Gasteiger partial charge in [0.2, 0.25) is 0 Å². The predicted octanol–water partition coefficient (Wildman–Crippen LogP) is 3.32. The van der Waals surface area contributed by atoms with Gasteiger partial charge in [-0.3, -0.25) is 10.1 Å². The van der Waals surface area contributed by atoms with Crippen molar-refractivity contribution in [2.24, 2.45) is 0 Å². The van der Waals surface area contributed by atoms with Gasteiger partial charge in [-0.05, 0) is 31.3 Å². The van der Waals surface area contributed by atoms with Gasteiger partial charge in [0.25, 0.3) is 0 Å². The lowest BCUT2D eigenvalue weighted by Crippen LogP contribution is -2.44. The van der Waals surface area contributed by atoms with Crippen molar-refractivity contribution >= 4 is 27.8 Å². The predicted molar refractivity (Wildman–Crippen MR) is 128 cm³/mol. The number of pyridine rings is 3. The van der Waals surface area contributed by atoms with Crippen LogP contribution >= 0.6 is 0 Å². The summed E-state index contributed by atoms with van der Waals surface area (Å²) >= 11 is 0. The molecular formula is C24H24N8O. The molecule has 2 N–H and O–H groups in total. The van der Waals surface area contributed by atoms with Crippen molar-refractivity contribution < 1.29 is 4.74 Å². The van der Waals surface area contributed by atoms with Crippen molar-refractivity contribution in [2.45, 2.75) is 0 Å². The number of hydrogen-bond donors (Lipinski definition) is 2. The van der Waals surface area contributed by atoms with E-state index in [1.807, 2.05) is 18.5 Å². The van der Waals surface area contributed by atoms with Crippen molar-refractivity contribution in [1.29, 1.82) is 0 Å². The number of ether oxygens (including phenoxy) is 1. The number of piperazine rings is 1. The number of nitrogens with zero attached hydrogens (tertiary/aromatic N) is 6. The number of aromatic nitrogens is 6. The van der Waals surface area contributed by atoms with Gasteiger partial charge in [-0.1, -0.05) is 0 Å². The standard InChI is InChI=1S/C24H24N8O/c1-31-5-7-32(8-6-31)21-3-4-26-23-18(21)11-20(28-23)22-19-10-16(13-27-24(19)30-29-22)15-9-17(33-2)14-25-12-15/h3-4,9-14H,5-8H2,1-2H3,(H,26,28)(H,27,29,30). The van der Waals surface area contributed by atoms with E-state index in [9.17, 15) is 0 Å². The SMILES string of the molecule is COc1cncc(-c2cnc3[nH]nc(-c4cc5c(N6CCN(C)CC6)ccnc5[nH]4)c3c2)c1. The number of aromatic amines is 2. The van der Waals surface area contributed by atoms with E-state index in [-0.39, 0.29) is 0 Å². The molecule has 5 aromatic heterocycles. The van der Waals surface area contributed by atoms with Crippen LogP contribution in [0.15, 0.2) is 49.1 Å². The van der Waals surface area contributed by atoms with Gasteiger partial charge >= 0.3 is 0 Å². The van der Waals surface area contributed by atoms with E-state index in [0.717, 1.165) is 70.8 Å². The summed E-state index contributed by atoms with van der Waals surface area (Å²) < 4.78 is 5.32. The number of H-pyrrole nitrogens is 2. The first kappa shape index (κ1) is 19.7. The van der Waals surface area contributed by atoms with Crippen molar-refractivity contribution in [3.63, 3.8) is 0 Å². The van der Waals surface area contributed by atoms with Gasteiger partial charge in [0.15, 0.2) is 5.65 Å². The van der Waals surface area contributed by atoms with Crippen LogP contribution in [-0.4, -0.2) is 75.4 Å². The van der Waals surface area contributed by atoms with E-state index in [0.29, 0.717) is 5.75 Å². The van der Waals surface area contributed by atoms with E-state index in [1.165, 1.54) is 5.69 Å². The highest BCUT2D eigenvalue weighted by Crippen LogP contribution is 2.34. The quantitative estimate of drug-likeness (QED) is 0.442. The van der Waals surface area contributed by atoms with E-state index in [4.69, 9.17) is 4.74 Å². The second kappa shape index (κ2) is 7.86. The average molecular weight is 441 g/mol. The summed E-state index contributed by atoms with van der Waals surface area (Å²) in [6.45, 7) is 4.12. The van der Waals surface area contributed by atoms with Crippen LogP contribution < -0.4 is 9.64 Å². The molecule has 9 nitrogen and oxygen atoms in total. The Bertz CT molecular complexity index is 1450. The number of rotatable bonds is 4. The fourth-order valence-corrected chi connectivity index (χ4v) is 4.42. The number of likely N-dealkylation sites (N-methyl/N-ethyl adjacent to an activating group) is 1. The molecule has 0 aliphatic carbocycles. The molecule has 6 rings (SSSR count). The first-order chi connectivity index (χ1) is 16.2. The van der Waals surface area contributed by atoms with Crippen molar-refractivity contribution in [1.82, 2.24) is 35.0 Å². The lowest BCUT2D eigenvalue weighted by Gasteiger charge is -2.34. The molecule has 1 saturated heterocycles. The normalized spacial score (nSPS) is 14.9. The summed E-state index contributed by atoms with van der Waals surface area (Å²) in [6.07, 6.45) is 7.18. The molecule has 33 heavy (non-hydrogen) atoms. The maximum atomic E-state index is 5.32. The van der Waals surface area contributed by atoms with Gasteiger partial charge in [-0.2, -0.15) is 5.10 Å². The molecule has 0 spiro atoms. The number of anilines is 1. The molecule has 6 heterocycles. The summed E-state index contributed by atoms with van der Waals surface area (Å²) in [5.74, 6) is 0.707. The van der Waals surface area contributed by atoms with Crippen LogP contribution in [0.3, 0.4) is 0 Å². The number of hydrogen-bond acceptors (Lipinski definition) is 7. The highest BCUT2D eigenvalue weighted by molar-refractivity contribution is 5.98. The molecule has 0 bridgehead atoms. The minimum absolute atomic E-state index is 0.707.